The van der Waals surface area contributed by atoms with Gasteiger partial charge in [0.2, 0.25) is 0 Å². The fourth-order valence-electron chi connectivity index (χ4n) is 2.95. The normalized spacial score (nSPS) is 14.4. The van der Waals surface area contributed by atoms with Crippen LogP contribution in [0.2, 0.25) is 0 Å². The molecule has 2 amide bonds. The van der Waals surface area contributed by atoms with E-state index in [1.54, 1.807) is 60.7 Å². The SMILES string of the molecule is COC(=O)[C@](C)(NC(=O)c1ccccc1)[C@@](C)(NC(=O)c1ccccc1)C(=O)OC. The van der Waals surface area contributed by atoms with Gasteiger partial charge < -0.3 is 20.1 Å². The molecule has 30 heavy (non-hydrogen) atoms. The van der Waals surface area contributed by atoms with Crippen LogP contribution in [0.5, 0.6) is 0 Å². The van der Waals surface area contributed by atoms with Crippen molar-refractivity contribution < 1.29 is 28.7 Å². The summed E-state index contributed by atoms with van der Waals surface area (Å²) < 4.78 is 9.74. The molecule has 2 N–H and O–H groups in total. The molecule has 0 aromatic heterocycles. The van der Waals surface area contributed by atoms with E-state index in [4.69, 9.17) is 9.47 Å². The van der Waals surface area contributed by atoms with Gasteiger partial charge in [-0.1, -0.05) is 36.4 Å². The Morgan fingerprint density at radius 2 is 0.933 bits per heavy atom. The first kappa shape index (κ1) is 22.6. The molecule has 2 aromatic rings. The number of nitrogens with one attached hydrogen (secondary N) is 2. The van der Waals surface area contributed by atoms with Crippen molar-refractivity contribution in [2.24, 2.45) is 0 Å². The highest BCUT2D eigenvalue weighted by Crippen LogP contribution is 2.27. The highest BCUT2D eigenvalue weighted by molar-refractivity contribution is 6.05. The van der Waals surface area contributed by atoms with Gasteiger partial charge in [0.1, 0.15) is 0 Å². The molecule has 0 bridgehead atoms. The monoisotopic (exact) mass is 412 g/mol. The van der Waals surface area contributed by atoms with Crippen LogP contribution >= 0.6 is 0 Å². The summed E-state index contributed by atoms with van der Waals surface area (Å²) in [6.45, 7) is 2.59. The number of methoxy groups -OCH3 is 2. The molecule has 0 unspecified atom stereocenters. The smallest absolute Gasteiger partial charge is 0.334 e. The maximum atomic E-state index is 12.8. The van der Waals surface area contributed by atoms with Crippen LogP contribution in [0.15, 0.2) is 60.7 Å². The summed E-state index contributed by atoms with van der Waals surface area (Å²) in [4.78, 5) is 51.2. The minimum atomic E-state index is -1.99. The Hall–Kier alpha value is -3.68. The van der Waals surface area contributed by atoms with Crippen molar-refractivity contribution in [3.05, 3.63) is 71.8 Å². The molecule has 0 aliphatic carbocycles. The second-order valence-electron chi connectivity index (χ2n) is 6.87. The first-order chi connectivity index (χ1) is 14.2. The van der Waals surface area contributed by atoms with E-state index in [-0.39, 0.29) is 11.1 Å². The molecular formula is C22H24N2O6. The van der Waals surface area contributed by atoms with Crippen LogP contribution in [0.3, 0.4) is 0 Å². The Morgan fingerprint density at radius 1 is 0.633 bits per heavy atom. The molecule has 0 heterocycles. The third kappa shape index (κ3) is 4.32. The lowest BCUT2D eigenvalue weighted by atomic mass is 9.78. The largest absolute Gasteiger partial charge is 0.467 e. The number of hydrogen-bond donors (Lipinski definition) is 2. The summed E-state index contributed by atoms with van der Waals surface area (Å²) in [5.74, 6) is -3.14. The Kier molecular flexibility index (Phi) is 6.94. The summed E-state index contributed by atoms with van der Waals surface area (Å²) in [6, 6.07) is 16.3. The first-order valence-electron chi connectivity index (χ1n) is 9.11. The quantitative estimate of drug-likeness (QED) is 0.670. The number of carbonyl (C=O) groups excluding carboxylic acids is 4. The molecule has 0 saturated heterocycles. The zero-order valence-electron chi connectivity index (χ0n) is 17.2. The van der Waals surface area contributed by atoms with E-state index in [0.29, 0.717) is 0 Å². The maximum Gasteiger partial charge on any atom is 0.334 e. The zero-order chi connectivity index (χ0) is 22.4. The summed E-state index contributed by atoms with van der Waals surface area (Å²) in [7, 11) is 2.23. The van der Waals surface area contributed by atoms with Crippen LogP contribution in [0.1, 0.15) is 34.6 Å². The van der Waals surface area contributed by atoms with Crippen molar-refractivity contribution in [3.63, 3.8) is 0 Å². The lowest BCUT2D eigenvalue weighted by Gasteiger charge is -2.42. The lowest BCUT2D eigenvalue weighted by molar-refractivity contribution is -0.162. The molecule has 0 aliphatic rings. The van der Waals surface area contributed by atoms with Crippen LogP contribution in [0.25, 0.3) is 0 Å². The highest BCUT2D eigenvalue weighted by atomic mass is 16.5. The lowest BCUT2D eigenvalue weighted by Crippen LogP contribution is -2.75. The van der Waals surface area contributed by atoms with Crippen molar-refractivity contribution in [2.45, 2.75) is 24.9 Å². The number of hydrogen-bond acceptors (Lipinski definition) is 6. The minimum absolute atomic E-state index is 0.259. The molecule has 0 radical (unpaired) electrons. The Balaban J connectivity index is 2.51. The van der Waals surface area contributed by atoms with E-state index in [9.17, 15) is 19.2 Å². The average molecular weight is 412 g/mol. The van der Waals surface area contributed by atoms with Gasteiger partial charge in [0.25, 0.3) is 11.8 Å². The number of amides is 2. The van der Waals surface area contributed by atoms with E-state index in [0.717, 1.165) is 14.2 Å². The third-order valence-corrected chi connectivity index (χ3v) is 4.99. The Bertz CT molecular complexity index is 854. The van der Waals surface area contributed by atoms with Crippen LogP contribution in [-0.4, -0.2) is 49.1 Å². The predicted octanol–water partition coefficient (Wildman–Crippen LogP) is 1.71. The molecule has 8 heteroatoms. The van der Waals surface area contributed by atoms with E-state index in [2.05, 4.69) is 10.6 Å². The topological polar surface area (TPSA) is 111 Å². The van der Waals surface area contributed by atoms with Gasteiger partial charge >= 0.3 is 11.9 Å². The molecule has 0 saturated carbocycles. The van der Waals surface area contributed by atoms with Gasteiger partial charge in [-0.15, -0.1) is 0 Å². The minimum Gasteiger partial charge on any atom is -0.467 e. The summed E-state index contributed by atoms with van der Waals surface area (Å²) in [6.07, 6.45) is 0. The second kappa shape index (κ2) is 9.21. The first-order valence-corrected chi connectivity index (χ1v) is 9.11. The number of ether oxygens (including phenoxy) is 2. The molecule has 8 nitrogen and oxygen atoms in total. The molecular weight excluding hydrogens is 388 g/mol. The van der Waals surface area contributed by atoms with Crippen LogP contribution in [-0.2, 0) is 19.1 Å². The van der Waals surface area contributed by atoms with Crippen molar-refractivity contribution in [1.82, 2.24) is 10.6 Å². The van der Waals surface area contributed by atoms with Crippen molar-refractivity contribution >= 4 is 23.8 Å². The number of esters is 2. The fraction of sp³-hybridized carbons (Fsp3) is 0.273. The van der Waals surface area contributed by atoms with E-state index >= 15 is 0 Å². The van der Waals surface area contributed by atoms with Gasteiger partial charge in [-0.3, -0.25) is 9.59 Å². The summed E-state index contributed by atoms with van der Waals surface area (Å²) in [5.41, 5.74) is -3.47. The molecule has 0 spiro atoms. The van der Waals surface area contributed by atoms with Gasteiger partial charge in [-0.2, -0.15) is 0 Å². The average Bonchev–Trinajstić information content (AvgIpc) is 2.78. The number of benzene rings is 2. The van der Waals surface area contributed by atoms with E-state index in [1.165, 1.54) is 13.8 Å². The fourth-order valence-corrected chi connectivity index (χ4v) is 2.95. The van der Waals surface area contributed by atoms with Gasteiger partial charge in [-0.25, -0.2) is 9.59 Å². The van der Waals surface area contributed by atoms with Gasteiger partial charge in [-0.05, 0) is 38.1 Å². The highest BCUT2D eigenvalue weighted by Gasteiger charge is 2.59. The van der Waals surface area contributed by atoms with Gasteiger partial charge in [0.05, 0.1) is 14.2 Å². The zero-order valence-corrected chi connectivity index (χ0v) is 17.2. The maximum absolute atomic E-state index is 12.8. The predicted molar refractivity (Wildman–Crippen MR) is 109 cm³/mol. The standard InChI is InChI=1S/C22H24N2O6/c1-21(19(27)29-3,23-17(25)15-11-7-5-8-12-15)22(2,20(28)30-4)24-18(26)16-13-9-6-10-14-16/h5-14H,1-4H3,(H,23,25)(H,24,26)/t21-,22-/m0/s1. The van der Waals surface area contributed by atoms with Gasteiger partial charge in [0.15, 0.2) is 11.1 Å². The van der Waals surface area contributed by atoms with Crippen LogP contribution in [0.4, 0.5) is 0 Å². The number of carbonyl (C=O) groups is 4. The molecule has 0 aliphatic heterocycles. The number of rotatable bonds is 7. The van der Waals surface area contributed by atoms with Gasteiger partial charge in [0, 0.05) is 11.1 Å². The molecule has 2 aromatic carbocycles. The second-order valence-corrected chi connectivity index (χ2v) is 6.87. The van der Waals surface area contributed by atoms with E-state index < -0.39 is 34.8 Å². The van der Waals surface area contributed by atoms with Crippen LogP contribution < -0.4 is 10.6 Å². The third-order valence-electron chi connectivity index (χ3n) is 4.99. The summed E-state index contributed by atoms with van der Waals surface area (Å²) >= 11 is 0. The van der Waals surface area contributed by atoms with Crippen LogP contribution in [0, 0.1) is 0 Å². The van der Waals surface area contributed by atoms with E-state index in [1.807, 2.05) is 0 Å². The molecule has 2 atom stereocenters. The molecule has 158 valence electrons. The Morgan fingerprint density at radius 3 is 1.20 bits per heavy atom. The Labute approximate surface area is 174 Å². The van der Waals surface area contributed by atoms with Crippen molar-refractivity contribution in [2.75, 3.05) is 14.2 Å². The summed E-state index contributed by atoms with van der Waals surface area (Å²) in [5, 5.41) is 5.09. The molecule has 2 rings (SSSR count). The van der Waals surface area contributed by atoms with Crippen molar-refractivity contribution in [3.8, 4) is 0 Å². The van der Waals surface area contributed by atoms with Crippen molar-refractivity contribution in [1.29, 1.82) is 0 Å². The molecule has 0 fully saturated rings.